The molecule has 0 atom stereocenters. The van der Waals surface area contributed by atoms with Crippen molar-refractivity contribution in [2.75, 3.05) is 30.5 Å². The SMILES string of the molecule is CCOCCOc1ccccc1C(=O)Nc1cccc(NC(=O)C(C)C)c1. The van der Waals surface area contributed by atoms with E-state index >= 15 is 0 Å². The maximum Gasteiger partial charge on any atom is 0.259 e. The van der Waals surface area contributed by atoms with E-state index in [1.165, 1.54) is 0 Å². The maximum absolute atomic E-state index is 12.7. The van der Waals surface area contributed by atoms with Crippen LogP contribution in [0.25, 0.3) is 0 Å². The van der Waals surface area contributed by atoms with Gasteiger partial charge in [-0.2, -0.15) is 0 Å². The Hall–Kier alpha value is -2.86. The van der Waals surface area contributed by atoms with Gasteiger partial charge in [-0.15, -0.1) is 0 Å². The van der Waals surface area contributed by atoms with Gasteiger partial charge in [-0.1, -0.05) is 32.0 Å². The van der Waals surface area contributed by atoms with Crippen molar-refractivity contribution in [1.29, 1.82) is 0 Å². The molecule has 0 aromatic heterocycles. The minimum Gasteiger partial charge on any atom is -0.490 e. The fourth-order valence-corrected chi connectivity index (χ4v) is 2.29. The molecule has 0 heterocycles. The minimum atomic E-state index is -0.283. The summed E-state index contributed by atoms with van der Waals surface area (Å²) in [5.41, 5.74) is 1.66. The van der Waals surface area contributed by atoms with Crippen LogP contribution < -0.4 is 15.4 Å². The Morgan fingerprint density at radius 3 is 2.37 bits per heavy atom. The predicted molar refractivity (Wildman–Crippen MR) is 106 cm³/mol. The smallest absolute Gasteiger partial charge is 0.259 e. The highest BCUT2D eigenvalue weighted by Crippen LogP contribution is 2.21. The summed E-state index contributed by atoms with van der Waals surface area (Å²) in [6.45, 7) is 7.01. The number of ether oxygens (including phenoxy) is 2. The molecule has 0 bridgehead atoms. The van der Waals surface area contributed by atoms with Crippen molar-refractivity contribution < 1.29 is 19.1 Å². The number of carbonyl (C=O) groups is 2. The summed E-state index contributed by atoms with van der Waals surface area (Å²) in [6, 6.07) is 14.1. The average Bonchev–Trinajstić information content (AvgIpc) is 2.65. The highest BCUT2D eigenvalue weighted by molar-refractivity contribution is 6.06. The van der Waals surface area contributed by atoms with Gasteiger partial charge in [0, 0.05) is 23.9 Å². The van der Waals surface area contributed by atoms with E-state index in [0.29, 0.717) is 42.5 Å². The lowest BCUT2D eigenvalue weighted by Gasteiger charge is -2.13. The number of nitrogens with one attached hydrogen (secondary N) is 2. The van der Waals surface area contributed by atoms with Gasteiger partial charge in [-0.25, -0.2) is 0 Å². The monoisotopic (exact) mass is 370 g/mol. The Balaban J connectivity index is 2.06. The van der Waals surface area contributed by atoms with Crippen molar-refractivity contribution >= 4 is 23.2 Å². The van der Waals surface area contributed by atoms with E-state index in [0.717, 1.165) is 0 Å². The number of hydrogen-bond donors (Lipinski definition) is 2. The molecule has 2 aromatic rings. The molecule has 2 N–H and O–H groups in total. The van der Waals surface area contributed by atoms with E-state index in [1.54, 1.807) is 42.5 Å². The molecule has 27 heavy (non-hydrogen) atoms. The van der Waals surface area contributed by atoms with Gasteiger partial charge >= 0.3 is 0 Å². The molecule has 0 aliphatic carbocycles. The molecule has 6 heteroatoms. The first-order valence-electron chi connectivity index (χ1n) is 9.03. The summed E-state index contributed by atoms with van der Waals surface area (Å²) in [5, 5.41) is 5.66. The summed E-state index contributed by atoms with van der Waals surface area (Å²) in [6.07, 6.45) is 0. The summed E-state index contributed by atoms with van der Waals surface area (Å²) >= 11 is 0. The largest absolute Gasteiger partial charge is 0.490 e. The molecule has 0 spiro atoms. The second kappa shape index (κ2) is 10.3. The van der Waals surface area contributed by atoms with E-state index in [4.69, 9.17) is 9.47 Å². The zero-order chi connectivity index (χ0) is 19.6. The maximum atomic E-state index is 12.7. The van der Waals surface area contributed by atoms with Gasteiger partial charge < -0.3 is 20.1 Å². The van der Waals surface area contributed by atoms with Gasteiger partial charge in [0.25, 0.3) is 5.91 Å². The van der Waals surface area contributed by atoms with Crippen molar-refractivity contribution in [3.8, 4) is 5.75 Å². The third-order valence-corrected chi connectivity index (χ3v) is 3.73. The first kappa shape index (κ1) is 20.5. The molecular weight excluding hydrogens is 344 g/mol. The lowest BCUT2D eigenvalue weighted by Crippen LogP contribution is -2.18. The molecule has 2 amide bonds. The van der Waals surface area contributed by atoms with Crippen LogP contribution in [0.2, 0.25) is 0 Å². The molecule has 2 rings (SSSR count). The van der Waals surface area contributed by atoms with E-state index in [-0.39, 0.29) is 17.7 Å². The fraction of sp³-hybridized carbons (Fsp3) is 0.333. The standard InChI is InChI=1S/C21H26N2O4/c1-4-26-12-13-27-19-11-6-5-10-18(19)21(25)23-17-9-7-8-16(14-17)22-20(24)15(2)3/h5-11,14-15H,4,12-13H2,1-3H3,(H,22,24)(H,23,25). The zero-order valence-corrected chi connectivity index (χ0v) is 16.0. The number of carbonyl (C=O) groups excluding carboxylic acids is 2. The summed E-state index contributed by atoms with van der Waals surface area (Å²) in [5.74, 6) is 0.0174. The zero-order valence-electron chi connectivity index (χ0n) is 16.0. The quantitative estimate of drug-likeness (QED) is 0.655. The van der Waals surface area contributed by atoms with Crippen molar-refractivity contribution in [3.05, 3.63) is 54.1 Å². The van der Waals surface area contributed by atoms with Crippen LogP contribution in [0.4, 0.5) is 11.4 Å². The van der Waals surface area contributed by atoms with Crippen LogP contribution in [0.5, 0.6) is 5.75 Å². The van der Waals surface area contributed by atoms with Crippen LogP contribution in [-0.4, -0.2) is 31.6 Å². The number of amides is 2. The molecular formula is C21H26N2O4. The van der Waals surface area contributed by atoms with Crippen LogP contribution >= 0.6 is 0 Å². The molecule has 0 saturated carbocycles. The number of para-hydroxylation sites is 1. The molecule has 0 aliphatic heterocycles. The predicted octanol–water partition coefficient (Wildman–Crippen LogP) is 3.95. The van der Waals surface area contributed by atoms with Crippen LogP contribution in [0.3, 0.4) is 0 Å². The van der Waals surface area contributed by atoms with E-state index in [1.807, 2.05) is 26.8 Å². The molecule has 144 valence electrons. The van der Waals surface area contributed by atoms with E-state index in [9.17, 15) is 9.59 Å². The molecule has 0 saturated heterocycles. The summed E-state index contributed by atoms with van der Waals surface area (Å²) in [4.78, 5) is 24.5. The Labute approximate surface area is 159 Å². The van der Waals surface area contributed by atoms with Crippen LogP contribution in [0, 0.1) is 5.92 Å². The van der Waals surface area contributed by atoms with Gasteiger partial charge in [-0.05, 0) is 37.3 Å². The van der Waals surface area contributed by atoms with E-state index < -0.39 is 0 Å². The molecule has 0 fully saturated rings. The molecule has 0 unspecified atom stereocenters. The van der Waals surface area contributed by atoms with Crippen molar-refractivity contribution in [2.24, 2.45) is 5.92 Å². The van der Waals surface area contributed by atoms with E-state index in [2.05, 4.69) is 10.6 Å². The molecule has 0 aliphatic rings. The van der Waals surface area contributed by atoms with Crippen LogP contribution in [0.1, 0.15) is 31.1 Å². The van der Waals surface area contributed by atoms with Gasteiger partial charge in [0.2, 0.25) is 5.91 Å². The molecule has 0 radical (unpaired) electrons. The lowest BCUT2D eigenvalue weighted by molar-refractivity contribution is -0.118. The Kier molecular flexibility index (Phi) is 7.82. The third kappa shape index (κ3) is 6.42. The Morgan fingerprint density at radius 2 is 1.67 bits per heavy atom. The third-order valence-electron chi connectivity index (χ3n) is 3.73. The van der Waals surface area contributed by atoms with Gasteiger partial charge in [0.15, 0.2) is 0 Å². The number of hydrogen-bond acceptors (Lipinski definition) is 4. The highest BCUT2D eigenvalue weighted by Gasteiger charge is 2.13. The second-order valence-electron chi connectivity index (χ2n) is 6.22. The number of anilines is 2. The fourth-order valence-electron chi connectivity index (χ4n) is 2.29. The Morgan fingerprint density at radius 1 is 0.963 bits per heavy atom. The molecule has 6 nitrogen and oxygen atoms in total. The van der Waals surface area contributed by atoms with Crippen LogP contribution in [-0.2, 0) is 9.53 Å². The minimum absolute atomic E-state index is 0.0773. The second-order valence-corrected chi connectivity index (χ2v) is 6.22. The van der Waals surface area contributed by atoms with Crippen LogP contribution in [0.15, 0.2) is 48.5 Å². The number of benzene rings is 2. The first-order chi connectivity index (χ1) is 13.0. The lowest BCUT2D eigenvalue weighted by atomic mass is 10.1. The molecule has 2 aromatic carbocycles. The normalized spacial score (nSPS) is 10.5. The summed E-state index contributed by atoms with van der Waals surface area (Å²) < 4.78 is 10.9. The Bertz CT molecular complexity index is 774. The first-order valence-corrected chi connectivity index (χ1v) is 9.03. The average molecular weight is 370 g/mol. The van der Waals surface area contributed by atoms with Crippen molar-refractivity contribution in [3.63, 3.8) is 0 Å². The van der Waals surface area contributed by atoms with Gasteiger partial charge in [-0.3, -0.25) is 9.59 Å². The summed E-state index contributed by atoms with van der Waals surface area (Å²) in [7, 11) is 0. The number of rotatable bonds is 9. The van der Waals surface area contributed by atoms with Crippen molar-refractivity contribution in [1.82, 2.24) is 0 Å². The topological polar surface area (TPSA) is 76.7 Å². The highest BCUT2D eigenvalue weighted by atomic mass is 16.5. The van der Waals surface area contributed by atoms with Crippen molar-refractivity contribution in [2.45, 2.75) is 20.8 Å². The van der Waals surface area contributed by atoms with Gasteiger partial charge in [0.05, 0.1) is 12.2 Å². The van der Waals surface area contributed by atoms with Gasteiger partial charge in [0.1, 0.15) is 12.4 Å².